The number of nitrogens with zero attached hydrogens (tertiary/aromatic N) is 1. The Morgan fingerprint density at radius 3 is 2.62 bits per heavy atom. The average molecular weight is 347 g/mol. The molecule has 0 bridgehead atoms. The molecule has 24 heavy (non-hydrogen) atoms. The van der Waals surface area contributed by atoms with E-state index in [9.17, 15) is 27.2 Å². The lowest BCUT2D eigenvalue weighted by Gasteiger charge is -2.36. The number of primary amides is 1. The first-order chi connectivity index (χ1) is 11.2. The summed E-state index contributed by atoms with van der Waals surface area (Å²) in [7, 11) is 0. The topological polar surface area (TPSA) is 75.4 Å². The van der Waals surface area contributed by atoms with Gasteiger partial charge < -0.3 is 16.0 Å². The number of likely N-dealkylation sites (tertiary alicyclic amines) is 1. The first-order valence-corrected chi connectivity index (χ1v) is 7.41. The molecule has 3 amide bonds. The molecule has 2 rings (SSSR count). The quantitative estimate of drug-likeness (QED) is 0.825. The zero-order valence-corrected chi connectivity index (χ0v) is 12.7. The van der Waals surface area contributed by atoms with Crippen LogP contribution in [0.5, 0.6) is 0 Å². The van der Waals surface area contributed by atoms with Crippen LogP contribution in [0.25, 0.3) is 0 Å². The molecule has 1 aliphatic rings. The van der Waals surface area contributed by atoms with Gasteiger partial charge in [-0.3, -0.25) is 4.79 Å². The summed E-state index contributed by atoms with van der Waals surface area (Å²) in [6, 6.07) is 1.08. The maximum absolute atomic E-state index is 13.4. The molecule has 132 valence electrons. The predicted molar refractivity (Wildman–Crippen MR) is 77.7 cm³/mol. The molecule has 1 fully saturated rings. The van der Waals surface area contributed by atoms with Gasteiger partial charge in [-0.2, -0.15) is 13.2 Å². The van der Waals surface area contributed by atoms with Crippen molar-refractivity contribution in [3.63, 3.8) is 0 Å². The summed E-state index contributed by atoms with van der Waals surface area (Å²) in [6.45, 7) is 0.469. The summed E-state index contributed by atoms with van der Waals surface area (Å²) in [5.74, 6) is -2.05. The number of rotatable bonds is 3. The molecule has 1 atom stereocenters. The lowest BCUT2D eigenvalue weighted by atomic mass is 10.00. The zero-order valence-electron chi connectivity index (χ0n) is 12.7. The first-order valence-electron chi connectivity index (χ1n) is 7.41. The number of urea groups is 1. The number of hydrogen-bond acceptors (Lipinski definition) is 2. The second kappa shape index (κ2) is 7.06. The minimum atomic E-state index is -4.88. The molecule has 0 aromatic heterocycles. The minimum Gasteiger partial charge on any atom is -0.352 e. The Balaban J connectivity index is 2.24. The number of carbonyl (C=O) groups excluding carboxylic acids is 2. The van der Waals surface area contributed by atoms with Gasteiger partial charge in [0, 0.05) is 24.7 Å². The first kappa shape index (κ1) is 18.0. The third-order valence-corrected chi connectivity index (χ3v) is 3.92. The largest absolute Gasteiger partial charge is 0.419 e. The fourth-order valence-corrected chi connectivity index (χ4v) is 2.74. The van der Waals surface area contributed by atoms with Gasteiger partial charge in [-0.15, -0.1) is 0 Å². The normalized spacial score (nSPS) is 18.3. The number of piperidine rings is 1. The van der Waals surface area contributed by atoms with Gasteiger partial charge in [-0.1, -0.05) is 0 Å². The highest BCUT2D eigenvalue weighted by molar-refractivity contribution is 5.94. The molecule has 0 saturated carbocycles. The molecule has 5 nitrogen and oxygen atoms in total. The third kappa shape index (κ3) is 4.15. The van der Waals surface area contributed by atoms with Gasteiger partial charge >= 0.3 is 12.2 Å². The van der Waals surface area contributed by atoms with Crippen LogP contribution in [0, 0.1) is 5.82 Å². The van der Waals surface area contributed by atoms with Crippen molar-refractivity contribution < 1.29 is 27.2 Å². The van der Waals surface area contributed by atoms with Crippen molar-refractivity contribution in [1.29, 1.82) is 0 Å². The fraction of sp³-hybridized carbons (Fsp3) is 0.467. The Morgan fingerprint density at radius 1 is 1.29 bits per heavy atom. The Hall–Kier alpha value is -2.32. The van der Waals surface area contributed by atoms with Crippen LogP contribution in [0.4, 0.5) is 22.4 Å². The standard InChI is InChI=1S/C15H17F4N3O2/c16-12-5-4-9(7-11(12)15(17,18)19)13(23)22-6-2-1-3-10(22)8-21-14(20)24/h4-5,7,10H,1-3,6,8H2,(H3,20,21,24)/t10-/m0/s1. The van der Waals surface area contributed by atoms with E-state index in [1.165, 1.54) is 4.90 Å². The number of carbonyl (C=O) groups is 2. The van der Waals surface area contributed by atoms with Gasteiger partial charge in [-0.25, -0.2) is 9.18 Å². The number of benzene rings is 1. The molecule has 9 heteroatoms. The van der Waals surface area contributed by atoms with E-state index in [1.807, 2.05) is 0 Å². The van der Waals surface area contributed by atoms with Crippen molar-refractivity contribution in [1.82, 2.24) is 10.2 Å². The molecule has 3 N–H and O–H groups in total. The lowest BCUT2D eigenvalue weighted by molar-refractivity contribution is -0.140. The summed E-state index contributed by atoms with van der Waals surface area (Å²) in [6.07, 6.45) is -2.76. The van der Waals surface area contributed by atoms with Gasteiger partial charge in [0.05, 0.1) is 5.56 Å². The van der Waals surface area contributed by atoms with Crippen LogP contribution in [0.15, 0.2) is 18.2 Å². The molecule has 0 radical (unpaired) electrons. The average Bonchev–Trinajstić information content (AvgIpc) is 2.52. The van der Waals surface area contributed by atoms with Crippen molar-refractivity contribution in [2.24, 2.45) is 5.73 Å². The Morgan fingerprint density at radius 2 is 2.00 bits per heavy atom. The Kier molecular flexibility index (Phi) is 5.30. The molecule has 1 aromatic carbocycles. The molecular weight excluding hydrogens is 330 g/mol. The van der Waals surface area contributed by atoms with Crippen molar-refractivity contribution >= 4 is 11.9 Å². The molecule has 0 aliphatic carbocycles. The van der Waals surface area contributed by atoms with Crippen LogP contribution in [0.1, 0.15) is 35.2 Å². The number of amides is 3. The molecule has 0 unspecified atom stereocenters. The van der Waals surface area contributed by atoms with Crippen LogP contribution < -0.4 is 11.1 Å². The number of hydrogen-bond donors (Lipinski definition) is 2. The Bertz CT molecular complexity index is 634. The SMILES string of the molecule is NC(=O)NC[C@@H]1CCCCN1C(=O)c1ccc(F)c(C(F)(F)F)c1. The second-order valence-electron chi connectivity index (χ2n) is 5.59. The maximum Gasteiger partial charge on any atom is 0.419 e. The van der Waals surface area contributed by atoms with Gasteiger partial charge in [0.25, 0.3) is 5.91 Å². The van der Waals surface area contributed by atoms with Crippen LogP contribution in [0.3, 0.4) is 0 Å². The van der Waals surface area contributed by atoms with Crippen LogP contribution in [-0.4, -0.2) is 36.0 Å². The molecular formula is C15H17F4N3O2. The van der Waals surface area contributed by atoms with E-state index in [2.05, 4.69) is 5.32 Å². The van der Waals surface area contributed by atoms with E-state index in [1.54, 1.807) is 0 Å². The van der Waals surface area contributed by atoms with E-state index in [4.69, 9.17) is 5.73 Å². The van der Waals surface area contributed by atoms with Crippen molar-refractivity contribution in [2.45, 2.75) is 31.5 Å². The number of nitrogens with one attached hydrogen (secondary N) is 1. The zero-order chi connectivity index (χ0) is 17.9. The molecule has 1 aliphatic heterocycles. The third-order valence-electron chi connectivity index (χ3n) is 3.92. The van der Waals surface area contributed by atoms with Gasteiger partial charge in [0.1, 0.15) is 5.82 Å². The summed E-state index contributed by atoms with van der Waals surface area (Å²) >= 11 is 0. The highest BCUT2D eigenvalue weighted by Gasteiger charge is 2.35. The highest BCUT2D eigenvalue weighted by atomic mass is 19.4. The maximum atomic E-state index is 13.4. The Labute approximate surface area is 135 Å². The molecule has 1 aromatic rings. The van der Waals surface area contributed by atoms with E-state index in [0.29, 0.717) is 31.5 Å². The van der Waals surface area contributed by atoms with Crippen LogP contribution in [0.2, 0.25) is 0 Å². The smallest absolute Gasteiger partial charge is 0.352 e. The number of halogens is 4. The van der Waals surface area contributed by atoms with Gasteiger partial charge in [0.2, 0.25) is 0 Å². The van der Waals surface area contributed by atoms with Crippen molar-refractivity contribution in [3.05, 3.63) is 35.1 Å². The van der Waals surface area contributed by atoms with Gasteiger partial charge in [-0.05, 0) is 37.5 Å². The summed E-state index contributed by atoms with van der Waals surface area (Å²) in [4.78, 5) is 24.8. The van der Waals surface area contributed by atoms with Crippen molar-refractivity contribution in [3.8, 4) is 0 Å². The van der Waals surface area contributed by atoms with Crippen LogP contribution >= 0.6 is 0 Å². The summed E-state index contributed by atoms with van der Waals surface area (Å²) in [5, 5.41) is 2.40. The molecule has 1 heterocycles. The van der Waals surface area contributed by atoms with E-state index in [0.717, 1.165) is 12.5 Å². The number of alkyl halides is 3. The minimum absolute atomic E-state index is 0.119. The van der Waals surface area contributed by atoms with Crippen LogP contribution in [-0.2, 0) is 6.18 Å². The number of nitrogens with two attached hydrogens (primary N) is 1. The van der Waals surface area contributed by atoms with E-state index < -0.39 is 29.5 Å². The van der Waals surface area contributed by atoms with E-state index in [-0.39, 0.29) is 18.2 Å². The molecule has 0 spiro atoms. The van der Waals surface area contributed by atoms with Crippen molar-refractivity contribution in [2.75, 3.05) is 13.1 Å². The summed E-state index contributed by atoms with van der Waals surface area (Å²) in [5.41, 5.74) is 3.29. The lowest BCUT2D eigenvalue weighted by Crippen LogP contribution is -2.50. The second-order valence-corrected chi connectivity index (χ2v) is 5.59. The molecule has 1 saturated heterocycles. The monoisotopic (exact) mass is 347 g/mol. The van der Waals surface area contributed by atoms with E-state index >= 15 is 0 Å². The highest BCUT2D eigenvalue weighted by Crippen LogP contribution is 2.32. The summed E-state index contributed by atoms with van der Waals surface area (Å²) < 4.78 is 51.7. The van der Waals surface area contributed by atoms with Gasteiger partial charge in [0.15, 0.2) is 0 Å². The predicted octanol–water partition coefficient (Wildman–Crippen LogP) is 2.51. The fourth-order valence-electron chi connectivity index (χ4n) is 2.74.